The molecule has 7 heteroatoms. The van der Waals surface area contributed by atoms with Crippen LogP contribution in [-0.2, 0) is 4.79 Å². The lowest BCUT2D eigenvalue weighted by molar-refractivity contribution is -0.117. The molecule has 0 spiro atoms. The van der Waals surface area contributed by atoms with Crippen LogP contribution in [-0.4, -0.2) is 45.8 Å². The Morgan fingerprint density at radius 1 is 0.882 bits per heavy atom. The van der Waals surface area contributed by atoms with Crippen LogP contribution in [0.1, 0.15) is 34.8 Å². The van der Waals surface area contributed by atoms with Gasteiger partial charge in [-0.3, -0.25) is 19.1 Å². The minimum atomic E-state index is -0.118. The molecule has 34 heavy (non-hydrogen) atoms. The van der Waals surface area contributed by atoms with E-state index in [0.717, 1.165) is 37.0 Å². The molecule has 1 aromatic heterocycles. The lowest BCUT2D eigenvalue weighted by Gasteiger charge is -2.32. The molecule has 1 amide bonds. The minimum Gasteiger partial charge on any atom is -0.325 e. The van der Waals surface area contributed by atoms with Crippen molar-refractivity contribution in [3.8, 4) is 0 Å². The van der Waals surface area contributed by atoms with Crippen LogP contribution in [0.4, 0.5) is 5.69 Å². The van der Waals surface area contributed by atoms with Crippen molar-refractivity contribution in [2.75, 3.05) is 25.0 Å². The highest BCUT2D eigenvalue weighted by atomic mass is 16.2. The Bertz CT molecular complexity index is 1380. The molecular weight excluding hydrogens is 428 g/mol. The second kappa shape index (κ2) is 9.49. The van der Waals surface area contributed by atoms with E-state index in [0.29, 0.717) is 16.8 Å². The van der Waals surface area contributed by atoms with Gasteiger partial charge in [0.1, 0.15) is 0 Å². The molecule has 0 atom stereocenters. The number of H-pyrrole nitrogens is 1. The second-order valence-electron chi connectivity index (χ2n) is 8.65. The van der Waals surface area contributed by atoms with Crippen LogP contribution in [0.2, 0.25) is 0 Å². The van der Waals surface area contributed by atoms with Crippen LogP contribution in [0.3, 0.4) is 0 Å². The lowest BCUT2D eigenvalue weighted by Crippen LogP contribution is -2.41. The van der Waals surface area contributed by atoms with Crippen molar-refractivity contribution >= 4 is 28.4 Å². The fourth-order valence-corrected chi connectivity index (χ4v) is 4.67. The lowest BCUT2D eigenvalue weighted by atomic mass is 10.0. The number of carbonyl (C=O) groups excluding carboxylic acids is 2. The van der Waals surface area contributed by atoms with Gasteiger partial charge in [-0.1, -0.05) is 54.6 Å². The van der Waals surface area contributed by atoms with Crippen LogP contribution in [0.25, 0.3) is 11.0 Å². The molecule has 1 saturated heterocycles. The number of aromatic nitrogens is 2. The van der Waals surface area contributed by atoms with Crippen molar-refractivity contribution in [1.82, 2.24) is 14.5 Å². The SMILES string of the molecule is O=C(CN1CCC(n2c(=O)[nH]c3ccccc32)CC1)Nc1cccc(C(=O)c2ccccc2)c1. The average molecular weight is 455 g/mol. The van der Waals surface area contributed by atoms with E-state index in [9.17, 15) is 14.4 Å². The maximum Gasteiger partial charge on any atom is 0.326 e. The van der Waals surface area contributed by atoms with Crippen LogP contribution in [0.15, 0.2) is 83.7 Å². The van der Waals surface area contributed by atoms with E-state index >= 15 is 0 Å². The number of likely N-dealkylation sites (tertiary alicyclic amines) is 1. The van der Waals surface area contributed by atoms with Gasteiger partial charge in [-0.15, -0.1) is 0 Å². The van der Waals surface area contributed by atoms with E-state index in [1.54, 1.807) is 36.4 Å². The average Bonchev–Trinajstić information content (AvgIpc) is 3.20. The Labute approximate surface area is 197 Å². The molecule has 7 nitrogen and oxygen atoms in total. The smallest absolute Gasteiger partial charge is 0.325 e. The van der Waals surface area contributed by atoms with Gasteiger partial charge < -0.3 is 10.3 Å². The first-order valence-corrected chi connectivity index (χ1v) is 11.5. The summed E-state index contributed by atoms with van der Waals surface area (Å²) < 4.78 is 1.85. The van der Waals surface area contributed by atoms with Gasteiger partial charge in [0, 0.05) is 35.9 Å². The minimum absolute atomic E-state index is 0.0775. The number of hydrogen-bond acceptors (Lipinski definition) is 4. The zero-order chi connectivity index (χ0) is 23.5. The molecule has 1 aliphatic heterocycles. The highest BCUT2D eigenvalue weighted by Crippen LogP contribution is 2.25. The molecule has 1 aliphatic rings. The molecule has 0 saturated carbocycles. The molecule has 5 rings (SSSR count). The summed E-state index contributed by atoms with van der Waals surface area (Å²) in [7, 11) is 0. The number of nitrogens with zero attached hydrogens (tertiary/aromatic N) is 2. The van der Waals surface area contributed by atoms with E-state index in [1.807, 2.05) is 47.0 Å². The van der Waals surface area contributed by atoms with Gasteiger partial charge >= 0.3 is 5.69 Å². The van der Waals surface area contributed by atoms with Gasteiger partial charge in [0.15, 0.2) is 5.78 Å². The Morgan fingerprint density at radius 3 is 2.38 bits per heavy atom. The number of para-hydroxylation sites is 2. The van der Waals surface area contributed by atoms with Gasteiger partial charge in [0.25, 0.3) is 0 Å². The fourth-order valence-electron chi connectivity index (χ4n) is 4.67. The molecule has 0 radical (unpaired) electrons. The van der Waals surface area contributed by atoms with Crippen molar-refractivity contribution in [1.29, 1.82) is 0 Å². The van der Waals surface area contributed by atoms with Crippen molar-refractivity contribution < 1.29 is 9.59 Å². The van der Waals surface area contributed by atoms with Gasteiger partial charge in [0.2, 0.25) is 5.91 Å². The van der Waals surface area contributed by atoms with Crippen molar-refractivity contribution in [2.45, 2.75) is 18.9 Å². The van der Waals surface area contributed by atoms with Gasteiger partial charge in [-0.05, 0) is 37.1 Å². The number of amides is 1. The first kappa shape index (κ1) is 21.9. The van der Waals surface area contributed by atoms with E-state index in [-0.39, 0.29) is 30.0 Å². The topological polar surface area (TPSA) is 87.2 Å². The van der Waals surface area contributed by atoms with E-state index < -0.39 is 0 Å². The van der Waals surface area contributed by atoms with Crippen molar-refractivity contribution in [3.05, 3.63) is 100 Å². The van der Waals surface area contributed by atoms with Crippen LogP contribution in [0.5, 0.6) is 0 Å². The third-order valence-corrected chi connectivity index (χ3v) is 6.36. The third-order valence-electron chi connectivity index (χ3n) is 6.36. The van der Waals surface area contributed by atoms with Crippen molar-refractivity contribution in [3.63, 3.8) is 0 Å². The summed E-state index contributed by atoms with van der Waals surface area (Å²) >= 11 is 0. The molecule has 2 heterocycles. The third kappa shape index (κ3) is 4.56. The van der Waals surface area contributed by atoms with E-state index in [1.165, 1.54) is 0 Å². The number of carbonyl (C=O) groups is 2. The Morgan fingerprint density at radius 2 is 1.59 bits per heavy atom. The molecule has 2 N–H and O–H groups in total. The van der Waals surface area contributed by atoms with E-state index in [2.05, 4.69) is 15.2 Å². The standard InChI is InChI=1S/C27H26N4O3/c32-25(28-21-10-6-9-20(17-21)26(33)19-7-2-1-3-8-19)18-30-15-13-22(14-16-30)31-24-12-5-4-11-23(24)29-27(31)34/h1-12,17,22H,13-16,18H2,(H,28,32)(H,29,34). The van der Waals surface area contributed by atoms with Gasteiger partial charge in [-0.2, -0.15) is 0 Å². The number of nitrogens with one attached hydrogen (secondary N) is 2. The molecule has 0 bridgehead atoms. The number of benzene rings is 3. The van der Waals surface area contributed by atoms with E-state index in [4.69, 9.17) is 0 Å². The molecule has 1 fully saturated rings. The number of fused-ring (bicyclic) bond motifs is 1. The predicted molar refractivity (Wildman–Crippen MR) is 132 cm³/mol. The normalized spacial score (nSPS) is 14.8. The second-order valence-corrected chi connectivity index (χ2v) is 8.65. The highest BCUT2D eigenvalue weighted by molar-refractivity contribution is 6.09. The number of ketones is 1. The summed E-state index contributed by atoms with van der Waals surface area (Å²) in [4.78, 5) is 42.9. The highest BCUT2D eigenvalue weighted by Gasteiger charge is 2.24. The zero-order valence-corrected chi connectivity index (χ0v) is 18.7. The molecule has 0 aliphatic carbocycles. The Hall–Kier alpha value is -3.97. The predicted octanol–water partition coefficient (Wildman–Crippen LogP) is 3.84. The van der Waals surface area contributed by atoms with Gasteiger partial charge in [0.05, 0.1) is 17.6 Å². The fraction of sp³-hybridized carbons (Fsp3) is 0.222. The Balaban J connectivity index is 1.18. The molecule has 172 valence electrons. The number of rotatable bonds is 6. The summed E-state index contributed by atoms with van der Waals surface area (Å²) in [6.07, 6.45) is 1.60. The summed E-state index contributed by atoms with van der Waals surface area (Å²) in [5, 5.41) is 2.91. The van der Waals surface area contributed by atoms with Crippen LogP contribution in [0, 0.1) is 0 Å². The van der Waals surface area contributed by atoms with Crippen LogP contribution < -0.4 is 11.0 Å². The largest absolute Gasteiger partial charge is 0.326 e. The monoisotopic (exact) mass is 454 g/mol. The quantitative estimate of drug-likeness (QED) is 0.434. The number of imidazole rings is 1. The maximum atomic E-state index is 12.7. The maximum absolute atomic E-state index is 12.7. The number of aromatic amines is 1. The number of hydrogen-bond donors (Lipinski definition) is 2. The molecule has 4 aromatic rings. The van der Waals surface area contributed by atoms with Gasteiger partial charge in [-0.25, -0.2) is 4.79 Å². The summed E-state index contributed by atoms with van der Waals surface area (Å²) in [5.74, 6) is -0.196. The zero-order valence-electron chi connectivity index (χ0n) is 18.7. The first-order valence-electron chi connectivity index (χ1n) is 11.5. The summed E-state index contributed by atoms with van der Waals surface area (Å²) in [6, 6.07) is 24.0. The van der Waals surface area contributed by atoms with Crippen LogP contribution >= 0.6 is 0 Å². The number of anilines is 1. The molecule has 3 aromatic carbocycles. The Kier molecular flexibility index (Phi) is 6.10. The number of piperidine rings is 1. The molecular formula is C27H26N4O3. The van der Waals surface area contributed by atoms with Crippen molar-refractivity contribution in [2.24, 2.45) is 0 Å². The first-order chi connectivity index (χ1) is 16.6. The summed E-state index contributed by atoms with van der Waals surface area (Å²) in [6.45, 7) is 1.74. The molecule has 0 unspecified atom stereocenters. The summed E-state index contributed by atoms with van der Waals surface area (Å²) in [5.41, 5.74) is 3.45.